The van der Waals surface area contributed by atoms with Gasteiger partial charge in [-0.2, -0.15) is 0 Å². The molecule has 0 spiro atoms. The minimum Gasteiger partial charge on any atom is -0.352 e. The summed E-state index contributed by atoms with van der Waals surface area (Å²) in [5.41, 5.74) is 0. The third kappa shape index (κ3) is 2.92. The number of nitrogens with zero attached hydrogens (tertiary/aromatic N) is 3. The maximum Gasteiger partial charge on any atom is 0.154 e. The van der Waals surface area contributed by atoms with E-state index in [1.165, 1.54) is 0 Å². The van der Waals surface area contributed by atoms with Gasteiger partial charge in [0.15, 0.2) is 9.84 Å². The van der Waals surface area contributed by atoms with Crippen LogP contribution in [0.5, 0.6) is 0 Å². The van der Waals surface area contributed by atoms with Crippen LogP contribution in [0.2, 0.25) is 5.15 Å². The summed E-state index contributed by atoms with van der Waals surface area (Å²) in [6.45, 7) is 4.30. The Morgan fingerprint density at radius 2 is 2.22 bits per heavy atom. The fourth-order valence-corrected chi connectivity index (χ4v) is 3.85. The van der Waals surface area contributed by atoms with Crippen molar-refractivity contribution in [3.05, 3.63) is 17.0 Å². The lowest BCUT2D eigenvalue weighted by Gasteiger charge is -2.34. The first-order valence-electron chi connectivity index (χ1n) is 5.92. The normalized spacial score (nSPS) is 23.1. The van der Waals surface area contributed by atoms with Gasteiger partial charge >= 0.3 is 0 Å². The number of anilines is 1. The molecule has 1 aliphatic heterocycles. The van der Waals surface area contributed by atoms with E-state index in [-0.39, 0.29) is 17.5 Å². The monoisotopic (exact) mass is 289 g/mol. The molecular formula is C11H16ClN3O2S. The second kappa shape index (κ2) is 5.01. The summed E-state index contributed by atoms with van der Waals surface area (Å²) in [4.78, 5) is 10.5. The molecule has 0 N–H and O–H groups in total. The quantitative estimate of drug-likeness (QED) is 0.768. The molecule has 1 aliphatic rings. The minimum absolute atomic E-state index is 0.0839. The predicted octanol–water partition coefficient (Wildman–Crippen LogP) is 1.32. The molecule has 0 aliphatic carbocycles. The molecule has 0 bridgehead atoms. The Bertz CT molecular complexity index is 547. The Labute approximate surface area is 112 Å². The van der Waals surface area contributed by atoms with Crippen LogP contribution in [0.1, 0.15) is 19.7 Å². The van der Waals surface area contributed by atoms with Gasteiger partial charge in [0, 0.05) is 25.1 Å². The van der Waals surface area contributed by atoms with Gasteiger partial charge in [-0.15, -0.1) is 0 Å². The zero-order valence-electron chi connectivity index (χ0n) is 10.4. The van der Waals surface area contributed by atoms with Gasteiger partial charge in [-0.1, -0.05) is 18.5 Å². The second-order valence-electron chi connectivity index (χ2n) is 4.48. The first kappa shape index (κ1) is 13.5. The fraction of sp³-hybridized carbons (Fsp3) is 0.636. The first-order chi connectivity index (χ1) is 8.41. The standard InChI is InChI=1S/C11H16ClN3O2S/c1-3-10-13-9(12)6-11(14-10)15-4-5-18(16,17)7-8(15)2/h6,8H,3-5,7H2,1-2H3. The molecule has 1 aromatic heterocycles. The van der Waals surface area contributed by atoms with Crippen molar-refractivity contribution in [2.24, 2.45) is 0 Å². The molecule has 0 aromatic carbocycles. The average molecular weight is 290 g/mol. The Hall–Kier alpha value is -0.880. The number of hydrogen-bond acceptors (Lipinski definition) is 5. The van der Waals surface area contributed by atoms with Crippen LogP contribution in [-0.4, -0.2) is 42.5 Å². The van der Waals surface area contributed by atoms with Crippen molar-refractivity contribution in [2.75, 3.05) is 23.0 Å². The van der Waals surface area contributed by atoms with Crippen LogP contribution < -0.4 is 4.90 Å². The highest BCUT2D eigenvalue weighted by Crippen LogP contribution is 2.22. The molecule has 0 saturated carbocycles. The van der Waals surface area contributed by atoms with Crippen molar-refractivity contribution in [3.8, 4) is 0 Å². The summed E-state index contributed by atoms with van der Waals surface area (Å²) < 4.78 is 23.1. The summed E-state index contributed by atoms with van der Waals surface area (Å²) in [7, 11) is -2.92. The van der Waals surface area contributed by atoms with Crippen molar-refractivity contribution in [1.82, 2.24) is 9.97 Å². The zero-order valence-corrected chi connectivity index (χ0v) is 12.0. The summed E-state index contributed by atoms with van der Waals surface area (Å²) in [5, 5.41) is 0.400. The van der Waals surface area contributed by atoms with Crippen molar-refractivity contribution in [2.45, 2.75) is 26.3 Å². The molecule has 0 radical (unpaired) electrons. The Morgan fingerprint density at radius 1 is 1.50 bits per heavy atom. The van der Waals surface area contributed by atoms with E-state index in [1.54, 1.807) is 6.07 Å². The van der Waals surface area contributed by atoms with E-state index in [0.29, 0.717) is 29.8 Å². The summed E-state index contributed by atoms with van der Waals surface area (Å²) in [5.74, 6) is 1.73. The average Bonchev–Trinajstić information content (AvgIpc) is 2.26. The molecule has 1 aromatic rings. The summed E-state index contributed by atoms with van der Waals surface area (Å²) in [6, 6.07) is 1.61. The van der Waals surface area contributed by atoms with Gasteiger partial charge in [-0.25, -0.2) is 18.4 Å². The van der Waals surface area contributed by atoms with Gasteiger partial charge in [0.2, 0.25) is 0 Å². The Morgan fingerprint density at radius 3 is 2.83 bits per heavy atom. The van der Waals surface area contributed by atoms with Crippen molar-refractivity contribution < 1.29 is 8.42 Å². The molecule has 1 atom stereocenters. The van der Waals surface area contributed by atoms with Crippen LogP contribution in [0.4, 0.5) is 5.82 Å². The van der Waals surface area contributed by atoms with Crippen molar-refractivity contribution in [3.63, 3.8) is 0 Å². The Balaban J connectivity index is 2.29. The molecule has 1 saturated heterocycles. The molecule has 1 fully saturated rings. The first-order valence-corrected chi connectivity index (χ1v) is 8.12. The van der Waals surface area contributed by atoms with Gasteiger partial charge in [0.1, 0.15) is 16.8 Å². The molecule has 100 valence electrons. The molecule has 7 heteroatoms. The third-order valence-corrected chi connectivity index (χ3v) is 5.00. The molecule has 5 nitrogen and oxygen atoms in total. The molecule has 2 rings (SSSR count). The number of aromatic nitrogens is 2. The van der Waals surface area contributed by atoms with Crippen molar-refractivity contribution in [1.29, 1.82) is 0 Å². The number of sulfone groups is 1. The highest BCUT2D eigenvalue weighted by atomic mass is 35.5. The van der Waals surface area contributed by atoms with E-state index < -0.39 is 9.84 Å². The maximum atomic E-state index is 11.5. The topological polar surface area (TPSA) is 63.2 Å². The maximum absolute atomic E-state index is 11.5. The molecule has 2 heterocycles. The van der Waals surface area contributed by atoms with E-state index in [4.69, 9.17) is 11.6 Å². The van der Waals surface area contributed by atoms with Gasteiger partial charge in [0.25, 0.3) is 0 Å². The SMILES string of the molecule is CCc1nc(Cl)cc(N2CCS(=O)(=O)CC2C)n1. The minimum atomic E-state index is -2.92. The van der Waals surface area contributed by atoms with E-state index >= 15 is 0 Å². The lowest BCUT2D eigenvalue weighted by atomic mass is 10.3. The fourth-order valence-electron chi connectivity index (χ4n) is 2.10. The Kier molecular flexibility index (Phi) is 3.77. The lowest BCUT2D eigenvalue weighted by molar-refractivity contribution is 0.566. The number of hydrogen-bond donors (Lipinski definition) is 0. The highest BCUT2D eigenvalue weighted by Gasteiger charge is 2.29. The van der Waals surface area contributed by atoms with Crippen LogP contribution in [0, 0.1) is 0 Å². The number of aryl methyl sites for hydroxylation is 1. The van der Waals surface area contributed by atoms with Gasteiger partial charge in [-0.3, -0.25) is 0 Å². The van der Waals surface area contributed by atoms with Crippen molar-refractivity contribution >= 4 is 27.3 Å². The van der Waals surface area contributed by atoms with Crippen LogP contribution in [0.3, 0.4) is 0 Å². The van der Waals surface area contributed by atoms with Crippen LogP contribution >= 0.6 is 11.6 Å². The summed E-state index contributed by atoms with van der Waals surface area (Å²) in [6.07, 6.45) is 0.702. The van der Waals surface area contributed by atoms with Crippen LogP contribution in [0.25, 0.3) is 0 Å². The largest absolute Gasteiger partial charge is 0.352 e. The molecule has 1 unspecified atom stereocenters. The predicted molar refractivity (Wildman–Crippen MR) is 71.9 cm³/mol. The second-order valence-corrected chi connectivity index (χ2v) is 7.09. The molecule has 0 amide bonds. The molecular weight excluding hydrogens is 274 g/mol. The van der Waals surface area contributed by atoms with Crippen LogP contribution in [0.15, 0.2) is 6.07 Å². The highest BCUT2D eigenvalue weighted by molar-refractivity contribution is 7.91. The van der Waals surface area contributed by atoms with Gasteiger partial charge in [-0.05, 0) is 6.92 Å². The smallest absolute Gasteiger partial charge is 0.154 e. The van der Waals surface area contributed by atoms with E-state index in [1.807, 2.05) is 18.7 Å². The summed E-state index contributed by atoms with van der Waals surface area (Å²) >= 11 is 5.96. The lowest BCUT2D eigenvalue weighted by Crippen LogP contribution is -2.47. The van der Waals surface area contributed by atoms with Crippen LogP contribution in [-0.2, 0) is 16.3 Å². The number of rotatable bonds is 2. The number of halogens is 1. The zero-order chi connectivity index (χ0) is 13.3. The molecule has 18 heavy (non-hydrogen) atoms. The van der Waals surface area contributed by atoms with E-state index in [2.05, 4.69) is 9.97 Å². The van der Waals surface area contributed by atoms with E-state index in [0.717, 1.165) is 0 Å². The van der Waals surface area contributed by atoms with Gasteiger partial charge in [0.05, 0.1) is 11.5 Å². The van der Waals surface area contributed by atoms with E-state index in [9.17, 15) is 8.42 Å². The third-order valence-electron chi connectivity index (χ3n) is 3.01. The van der Waals surface area contributed by atoms with Gasteiger partial charge < -0.3 is 4.90 Å².